The van der Waals surface area contributed by atoms with Gasteiger partial charge in [0.25, 0.3) is 5.56 Å². The number of halogens is 2. The summed E-state index contributed by atoms with van der Waals surface area (Å²) in [4.78, 5) is 21.9. The molecule has 0 aliphatic rings. The number of hydrogen-bond donors (Lipinski definition) is 3. The van der Waals surface area contributed by atoms with Crippen molar-refractivity contribution in [3.05, 3.63) is 33.0 Å². The van der Waals surface area contributed by atoms with Crippen molar-refractivity contribution in [1.29, 1.82) is 0 Å². The minimum atomic E-state index is -0.286. The summed E-state index contributed by atoms with van der Waals surface area (Å²) in [5.74, 6) is -0.0561. The maximum absolute atomic E-state index is 11.7. The standard InChI is InChI=1S/C9H8BrN5O.ClH/c10-4-1-2-6-5(3-4)7(16)14-9(13-6)15-8(11)12;/h1-3H,(H5,11,12,13,14,15,16);1H. The lowest BCUT2D eigenvalue weighted by molar-refractivity contribution is 1.13. The first kappa shape index (κ1) is 13.5. The number of aliphatic imine (C=N–C) groups is 1. The lowest BCUT2D eigenvalue weighted by Crippen LogP contribution is -2.22. The van der Waals surface area contributed by atoms with Crippen molar-refractivity contribution in [2.75, 3.05) is 0 Å². The molecule has 8 heteroatoms. The first-order valence-corrected chi connectivity index (χ1v) is 5.15. The fourth-order valence-corrected chi connectivity index (χ4v) is 1.63. The van der Waals surface area contributed by atoms with Crippen LogP contribution in [0, 0.1) is 0 Å². The predicted molar refractivity (Wildman–Crippen MR) is 72.8 cm³/mol. The van der Waals surface area contributed by atoms with E-state index >= 15 is 0 Å². The molecule has 90 valence electrons. The number of nitrogens with zero attached hydrogens (tertiary/aromatic N) is 2. The van der Waals surface area contributed by atoms with Crippen molar-refractivity contribution < 1.29 is 0 Å². The van der Waals surface area contributed by atoms with Gasteiger partial charge in [0.05, 0.1) is 10.9 Å². The van der Waals surface area contributed by atoms with Gasteiger partial charge in [-0.15, -0.1) is 12.4 Å². The number of benzene rings is 1. The molecule has 0 saturated heterocycles. The van der Waals surface area contributed by atoms with Gasteiger partial charge in [0, 0.05) is 4.47 Å². The lowest BCUT2D eigenvalue weighted by Gasteiger charge is -1.99. The average Bonchev–Trinajstić information content (AvgIpc) is 2.18. The summed E-state index contributed by atoms with van der Waals surface area (Å²) in [5.41, 5.74) is 10.7. The van der Waals surface area contributed by atoms with Crippen molar-refractivity contribution in [3.8, 4) is 0 Å². The van der Waals surface area contributed by atoms with Gasteiger partial charge in [-0.2, -0.15) is 4.99 Å². The Balaban J connectivity index is 0.00000144. The van der Waals surface area contributed by atoms with E-state index in [1.807, 2.05) is 0 Å². The highest BCUT2D eigenvalue weighted by Crippen LogP contribution is 2.16. The van der Waals surface area contributed by atoms with Crippen molar-refractivity contribution in [2.45, 2.75) is 0 Å². The molecular formula is C9H9BrClN5O. The van der Waals surface area contributed by atoms with Crippen molar-refractivity contribution >= 4 is 51.1 Å². The van der Waals surface area contributed by atoms with Gasteiger partial charge in [-0.3, -0.25) is 9.78 Å². The van der Waals surface area contributed by atoms with Crippen LogP contribution in [0.5, 0.6) is 0 Å². The largest absolute Gasteiger partial charge is 0.370 e. The molecule has 0 bridgehead atoms. The van der Waals surface area contributed by atoms with E-state index in [0.29, 0.717) is 10.9 Å². The van der Waals surface area contributed by atoms with Crippen LogP contribution in [0.25, 0.3) is 10.9 Å². The quantitative estimate of drug-likeness (QED) is 0.538. The number of nitrogens with two attached hydrogens (primary N) is 2. The SMILES string of the molecule is Cl.NC(N)=Nc1nc2ccc(Br)cc2c(=O)[nH]1. The molecule has 0 atom stereocenters. The van der Waals surface area contributed by atoms with Gasteiger partial charge in [0.15, 0.2) is 5.96 Å². The molecule has 17 heavy (non-hydrogen) atoms. The van der Waals surface area contributed by atoms with Gasteiger partial charge in [-0.25, -0.2) is 4.98 Å². The number of aromatic amines is 1. The van der Waals surface area contributed by atoms with E-state index in [0.717, 1.165) is 4.47 Å². The molecule has 1 aromatic carbocycles. The van der Waals surface area contributed by atoms with Crippen molar-refractivity contribution in [2.24, 2.45) is 16.5 Å². The van der Waals surface area contributed by atoms with Crippen LogP contribution in [0.15, 0.2) is 32.5 Å². The Bertz CT molecular complexity index is 635. The van der Waals surface area contributed by atoms with Crippen LogP contribution in [0.2, 0.25) is 0 Å². The molecule has 0 saturated carbocycles. The molecular weight excluding hydrogens is 309 g/mol. The Morgan fingerprint density at radius 1 is 1.41 bits per heavy atom. The number of rotatable bonds is 1. The molecule has 0 amide bonds. The smallest absolute Gasteiger partial charge is 0.260 e. The van der Waals surface area contributed by atoms with Crippen LogP contribution in [0.1, 0.15) is 0 Å². The van der Waals surface area contributed by atoms with E-state index in [1.165, 1.54) is 0 Å². The first-order chi connectivity index (χ1) is 7.56. The number of hydrogen-bond acceptors (Lipinski definition) is 3. The zero-order valence-electron chi connectivity index (χ0n) is 8.48. The summed E-state index contributed by atoms with van der Waals surface area (Å²) < 4.78 is 0.807. The van der Waals surface area contributed by atoms with E-state index in [4.69, 9.17) is 11.5 Å². The van der Waals surface area contributed by atoms with Crippen LogP contribution in [0.3, 0.4) is 0 Å². The van der Waals surface area contributed by atoms with Gasteiger partial charge in [0.1, 0.15) is 0 Å². The Labute approximate surface area is 111 Å². The maximum atomic E-state index is 11.7. The number of H-pyrrole nitrogens is 1. The van der Waals surface area contributed by atoms with Gasteiger partial charge < -0.3 is 11.5 Å². The molecule has 0 aliphatic heterocycles. The fraction of sp³-hybridized carbons (Fsp3) is 0. The Hall–Kier alpha value is -1.60. The second kappa shape index (κ2) is 5.15. The molecule has 1 aromatic heterocycles. The molecule has 0 fully saturated rings. The molecule has 0 radical (unpaired) electrons. The summed E-state index contributed by atoms with van der Waals surface area (Å²) in [6.07, 6.45) is 0. The average molecular weight is 319 g/mol. The normalized spacial score (nSPS) is 9.71. The van der Waals surface area contributed by atoms with Gasteiger partial charge in [-0.1, -0.05) is 15.9 Å². The highest BCUT2D eigenvalue weighted by atomic mass is 79.9. The summed E-state index contributed by atoms with van der Waals surface area (Å²) in [6, 6.07) is 5.18. The van der Waals surface area contributed by atoms with Crippen LogP contribution >= 0.6 is 28.3 Å². The molecule has 2 rings (SSSR count). The third kappa shape index (κ3) is 2.95. The Kier molecular flexibility index (Phi) is 4.08. The highest BCUT2D eigenvalue weighted by Gasteiger charge is 2.03. The van der Waals surface area contributed by atoms with Gasteiger partial charge in [0.2, 0.25) is 5.95 Å². The lowest BCUT2D eigenvalue weighted by atomic mass is 10.2. The molecule has 6 nitrogen and oxygen atoms in total. The van der Waals surface area contributed by atoms with Crippen LogP contribution < -0.4 is 17.0 Å². The molecule has 0 aliphatic carbocycles. The zero-order chi connectivity index (χ0) is 11.7. The van der Waals surface area contributed by atoms with Crippen LogP contribution in [0.4, 0.5) is 5.95 Å². The van der Waals surface area contributed by atoms with Gasteiger partial charge in [-0.05, 0) is 18.2 Å². The summed E-state index contributed by atoms with van der Waals surface area (Å²) in [6.45, 7) is 0. The second-order valence-electron chi connectivity index (χ2n) is 3.09. The van der Waals surface area contributed by atoms with E-state index in [2.05, 4.69) is 30.9 Å². The van der Waals surface area contributed by atoms with Crippen molar-refractivity contribution in [1.82, 2.24) is 9.97 Å². The monoisotopic (exact) mass is 317 g/mol. The van der Waals surface area contributed by atoms with E-state index < -0.39 is 0 Å². The number of fused-ring (bicyclic) bond motifs is 1. The molecule has 5 N–H and O–H groups in total. The zero-order valence-corrected chi connectivity index (χ0v) is 10.9. The third-order valence-electron chi connectivity index (χ3n) is 1.89. The first-order valence-electron chi connectivity index (χ1n) is 4.35. The second-order valence-corrected chi connectivity index (χ2v) is 4.00. The molecule has 2 aromatic rings. The molecule has 1 heterocycles. The fourth-order valence-electron chi connectivity index (χ4n) is 1.27. The molecule has 0 spiro atoms. The number of nitrogens with one attached hydrogen (secondary N) is 1. The third-order valence-corrected chi connectivity index (χ3v) is 2.38. The number of guanidine groups is 1. The maximum Gasteiger partial charge on any atom is 0.260 e. The highest BCUT2D eigenvalue weighted by molar-refractivity contribution is 9.10. The molecule has 0 unspecified atom stereocenters. The van der Waals surface area contributed by atoms with Gasteiger partial charge >= 0.3 is 0 Å². The van der Waals surface area contributed by atoms with Crippen molar-refractivity contribution in [3.63, 3.8) is 0 Å². The minimum Gasteiger partial charge on any atom is -0.370 e. The summed E-state index contributed by atoms with van der Waals surface area (Å²) >= 11 is 3.28. The van der Waals surface area contributed by atoms with E-state index in [-0.39, 0.29) is 29.9 Å². The minimum absolute atomic E-state index is 0. The Morgan fingerprint density at radius 2 is 2.12 bits per heavy atom. The topological polar surface area (TPSA) is 110 Å². The predicted octanol–water partition coefficient (Wildman–Crippen LogP) is 1.01. The van der Waals surface area contributed by atoms with E-state index in [9.17, 15) is 4.79 Å². The van der Waals surface area contributed by atoms with E-state index in [1.54, 1.807) is 18.2 Å². The van der Waals surface area contributed by atoms with Crippen LogP contribution in [-0.2, 0) is 0 Å². The summed E-state index contributed by atoms with van der Waals surface area (Å²) in [5, 5.41) is 0.476. The van der Waals surface area contributed by atoms with Crippen LogP contribution in [-0.4, -0.2) is 15.9 Å². The Morgan fingerprint density at radius 3 is 2.76 bits per heavy atom. The number of aromatic nitrogens is 2. The summed E-state index contributed by atoms with van der Waals surface area (Å²) in [7, 11) is 0.